The molecule has 96 valence electrons. The molecule has 1 aromatic rings. The fraction of sp³-hybridized carbons (Fsp3) is 0.200. The van der Waals surface area contributed by atoms with Crippen LogP contribution in [0.15, 0.2) is 22.1 Å². The van der Waals surface area contributed by atoms with E-state index in [1.54, 1.807) is 13.8 Å². The molecule has 0 heterocycles. The van der Waals surface area contributed by atoms with Gasteiger partial charge in [0.05, 0.1) is 10.6 Å². The van der Waals surface area contributed by atoms with E-state index in [1.165, 1.54) is 12.1 Å². The molecule has 0 aliphatic rings. The van der Waals surface area contributed by atoms with E-state index in [9.17, 15) is 10.1 Å². The molecule has 0 saturated heterocycles. The number of benzene rings is 1. The molecule has 1 rings (SSSR count). The van der Waals surface area contributed by atoms with E-state index in [1.807, 2.05) is 0 Å². The van der Waals surface area contributed by atoms with Crippen molar-refractivity contribution in [3.8, 4) is 0 Å². The van der Waals surface area contributed by atoms with Gasteiger partial charge in [0, 0.05) is 12.1 Å². The molecular weight excluding hydrogens is 236 g/mol. The lowest BCUT2D eigenvalue weighted by Gasteiger charge is -2.05. The highest BCUT2D eigenvalue weighted by molar-refractivity contribution is 5.94. The number of nitro benzene ring substituents is 1. The molecule has 0 spiro atoms. The summed E-state index contributed by atoms with van der Waals surface area (Å²) in [5.41, 5.74) is 17.6. The van der Waals surface area contributed by atoms with Gasteiger partial charge in [-0.2, -0.15) is 4.99 Å². The van der Waals surface area contributed by atoms with E-state index in [4.69, 9.17) is 17.2 Å². The molecule has 6 N–H and O–H groups in total. The monoisotopic (exact) mass is 250 g/mol. The van der Waals surface area contributed by atoms with Gasteiger partial charge in [-0.15, -0.1) is 0 Å². The SMILES string of the molecule is Cc1cc([N+](=O)[O-])cc(C)c1N=C(N)N=C(N)N. The number of hydrogen-bond donors (Lipinski definition) is 3. The van der Waals surface area contributed by atoms with Crippen LogP contribution in [0, 0.1) is 24.0 Å². The molecule has 0 amide bonds. The Morgan fingerprint density at radius 3 is 2.11 bits per heavy atom. The van der Waals surface area contributed by atoms with Crippen molar-refractivity contribution in [3.63, 3.8) is 0 Å². The maximum atomic E-state index is 10.7. The van der Waals surface area contributed by atoms with Crippen LogP contribution in [-0.2, 0) is 0 Å². The first-order valence-electron chi connectivity index (χ1n) is 5.00. The van der Waals surface area contributed by atoms with Gasteiger partial charge >= 0.3 is 0 Å². The predicted octanol–water partition coefficient (Wildman–Crippen LogP) is 0.431. The van der Waals surface area contributed by atoms with Gasteiger partial charge in [-0.25, -0.2) is 4.99 Å². The fourth-order valence-corrected chi connectivity index (χ4v) is 1.49. The van der Waals surface area contributed by atoms with Crippen LogP contribution in [0.5, 0.6) is 0 Å². The normalized spacial score (nSPS) is 11.1. The number of rotatable bonds is 2. The van der Waals surface area contributed by atoms with Crippen LogP contribution in [0.3, 0.4) is 0 Å². The molecule has 0 aliphatic carbocycles. The number of nitrogens with zero attached hydrogens (tertiary/aromatic N) is 3. The highest BCUT2D eigenvalue weighted by Crippen LogP contribution is 2.28. The Bertz CT molecular complexity index is 522. The van der Waals surface area contributed by atoms with Gasteiger partial charge in [0.1, 0.15) is 0 Å². The second-order valence-electron chi connectivity index (χ2n) is 3.69. The lowest BCUT2D eigenvalue weighted by Crippen LogP contribution is -2.26. The molecule has 0 aliphatic heterocycles. The van der Waals surface area contributed by atoms with E-state index < -0.39 is 4.92 Å². The standard InChI is InChI=1S/C10H14N6O2/c1-5-3-7(16(17)18)4-6(2)8(5)14-10(13)15-9(11)12/h3-4H,1-2H3,(H6,11,12,13,14,15). The summed E-state index contributed by atoms with van der Waals surface area (Å²) in [5, 5.41) is 10.7. The largest absolute Gasteiger partial charge is 0.370 e. The smallest absolute Gasteiger partial charge is 0.270 e. The van der Waals surface area contributed by atoms with Gasteiger partial charge in [-0.1, -0.05) is 0 Å². The summed E-state index contributed by atoms with van der Waals surface area (Å²) in [6, 6.07) is 2.82. The van der Waals surface area contributed by atoms with Crippen LogP contribution in [0.4, 0.5) is 11.4 Å². The van der Waals surface area contributed by atoms with Crippen LogP contribution in [0.1, 0.15) is 11.1 Å². The van der Waals surface area contributed by atoms with Crippen LogP contribution in [0.25, 0.3) is 0 Å². The van der Waals surface area contributed by atoms with Crippen molar-refractivity contribution in [2.75, 3.05) is 0 Å². The van der Waals surface area contributed by atoms with Crippen molar-refractivity contribution in [1.29, 1.82) is 0 Å². The molecule has 0 unspecified atom stereocenters. The van der Waals surface area contributed by atoms with E-state index in [0.717, 1.165) is 0 Å². The van der Waals surface area contributed by atoms with Gasteiger partial charge < -0.3 is 17.2 Å². The number of aryl methyl sites for hydroxylation is 2. The molecular formula is C10H14N6O2. The number of guanidine groups is 2. The molecule has 0 atom stereocenters. The van der Waals surface area contributed by atoms with Crippen LogP contribution >= 0.6 is 0 Å². The van der Waals surface area contributed by atoms with Gasteiger partial charge in [-0.3, -0.25) is 10.1 Å². The van der Waals surface area contributed by atoms with Crippen LogP contribution in [0.2, 0.25) is 0 Å². The lowest BCUT2D eigenvalue weighted by molar-refractivity contribution is -0.384. The Balaban J connectivity index is 3.27. The molecule has 0 aromatic heterocycles. The second-order valence-corrected chi connectivity index (χ2v) is 3.69. The van der Waals surface area contributed by atoms with Gasteiger partial charge in [0.25, 0.3) is 5.69 Å². The number of hydrogen-bond acceptors (Lipinski definition) is 3. The second kappa shape index (κ2) is 5.13. The Morgan fingerprint density at radius 1 is 1.22 bits per heavy atom. The zero-order chi connectivity index (χ0) is 13.9. The highest BCUT2D eigenvalue weighted by Gasteiger charge is 2.11. The quantitative estimate of drug-likeness (QED) is 0.301. The summed E-state index contributed by atoms with van der Waals surface area (Å²) >= 11 is 0. The van der Waals surface area contributed by atoms with Crippen molar-refractivity contribution in [3.05, 3.63) is 33.4 Å². The number of non-ortho nitro benzene ring substituents is 1. The zero-order valence-corrected chi connectivity index (χ0v) is 10.0. The first-order chi connectivity index (χ1) is 8.31. The van der Waals surface area contributed by atoms with Crippen molar-refractivity contribution in [2.45, 2.75) is 13.8 Å². The first kappa shape index (κ1) is 13.4. The Morgan fingerprint density at radius 2 is 1.72 bits per heavy atom. The molecule has 0 radical (unpaired) electrons. The average Bonchev–Trinajstić information content (AvgIpc) is 2.21. The molecule has 0 saturated carbocycles. The number of aliphatic imine (C=N–C) groups is 2. The van der Waals surface area contributed by atoms with E-state index in [2.05, 4.69) is 9.98 Å². The zero-order valence-electron chi connectivity index (χ0n) is 10.0. The molecule has 8 nitrogen and oxygen atoms in total. The lowest BCUT2D eigenvalue weighted by atomic mass is 10.1. The summed E-state index contributed by atoms with van der Waals surface area (Å²) < 4.78 is 0. The molecule has 1 aromatic carbocycles. The molecule has 8 heteroatoms. The first-order valence-corrected chi connectivity index (χ1v) is 5.00. The number of nitrogens with two attached hydrogens (primary N) is 3. The summed E-state index contributed by atoms with van der Waals surface area (Å²) in [6.07, 6.45) is 0. The van der Waals surface area contributed by atoms with Crippen molar-refractivity contribution in [2.24, 2.45) is 27.2 Å². The average molecular weight is 250 g/mol. The van der Waals surface area contributed by atoms with Gasteiger partial charge in [0.2, 0.25) is 5.96 Å². The maximum Gasteiger partial charge on any atom is 0.270 e. The summed E-state index contributed by atoms with van der Waals surface area (Å²) in [7, 11) is 0. The third kappa shape index (κ3) is 3.17. The minimum Gasteiger partial charge on any atom is -0.370 e. The molecule has 18 heavy (non-hydrogen) atoms. The van der Waals surface area contributed by atoms with E-state index >= 15 is 0 Å². The van der Waals surface area contributed by atoms with E-state index in [-0.39, 0.29) is 17.6 Å². The Labute approximate surface area is 103 Å². The minimum atomic E-state index is -0.465. The topological polar surface area (TPSA) is 146 Å². The van der Waals surface area contributed by atoms with Crippen molar-refractivity contribution < 1.29 is 4.92 Å². The molecule has 0 fully saturated rings. The summed E-state index contributed by atoms with van der Waals surface area (Å²) in [6.45, 7) is 3.39. The van der Waals surface area contributed by atoms with Crippen LogP contribution < -0.4 is 17.2 Å². The fourth-order valence-electron chi connectivity index (χ4n) is 1.49. The Kier molecular flexibility index (Phi) is 3.82. The van der Waals surface area contributed by atoms with E-state index in [0.29, 0.717) is 16.8 Å². The van der Waals surface area contributed by atoms with Crippen molar-refractivity contribution in [1.82, 2.24) is 0 Å². The van der Waals surface area contributed by atoms with Crippen LogP contribution in [-0.4, -0.2) is 16.8 Å². The Hall–Kier alpha value is -2.64. The third-order valence-electron chi connectivity index (χ3n) is 2.16. The summed E-state index contributed by atoms with van der Waals surface area (Å²) in [5.74, 6) is -0.302. The van der Waals surface area contributed by atoms with Crippen molar-refractivity contribution >= 4 is 23.3 Å². The third-order valence-corrected chi connectivity index (χ3v) is 2.16. The van der Waals surface area contributed by atoms with Gasteiger partial charge in [-0.05, 0) is 25.0 Å². The van der Waals surface area contributed by atoms with Gasteiger partial charge in [0.15, 0.2) is 5.96 Å². The predicted molar refractivity (Wildman–Crippen MR) is 69.7 cm³/mol. The highest BCUT2D eigenvalue weighted by atomic mass is 16.6. The number of nitro groups is 1. The summed E-state index contributed by atoms with van der Waals surface area (Å²) in [4.78, 5) is 17.8. The molecule has 0 bridgehead atoms. The minimum absolute atomic E-state index is 0.00404. The maximum absolute atomic E-state index is 10.7.